The highest BCUT2D eigenvalue weighted by Crippen LogP contribution is 2.41. The van der Waals surface area contributed by atoms with E-state index >= 15 is 0 Å². The molecule has 2 aliphatic carbocycles. The predicted molar refractivity (Wildman–Crippen MR) is 323 cm³/mol. The summed E-state index contributed by atoms with van der Waals surface area (Å²) in [7, 11) is -6.90. The van der Waals surface area contributed by atoms with Crippen molar-refractivity contribution in [3.05, 3.63) is 64.9 Å². The minimum atomic E-state index is -3.96. The number of thiazole rings is 2. The fourth-order valence-corrected chi connectivity index (χ4v) is 14.0. The number of allylic oxidation sites excluding steroid dienone is 1. The molecule has 6 rings (SSSR count). The molecular formula is C57H86N8O13S4. The second-order valence-corrected chi connectivity index (χ2v) is 29.8. The molecule has 82 heavy (non-hydrogen) atoms. The van der Waals surface area contributed by atoms with Crippen molar-refractivity contribution in [1.29, 1.82) is 0 Å². The molecule has 21 nitrogen and oxygen atoms in total. The molecule has 1 unspecified atom stereocenters. The van der Waals surface area contributed by atoms with Crippen molar-refractivity contribution < 1.29 is 60.1 Å². The van der Waals surface area contributed by atoms with Gasteiger partial charge in [0.05, 0.1) is 36.8 Å². The summed E-state index contributed by atoms with van der Waals surface area (Å²) in [6, 6.07) is 9.53. The van der Waals surface area contributed by atoms with E-state index in [1.807, 2.05) is 41.5 Å². The molecule has 25 heteroatoms. The molecule has 0 aliphatic heterocycles. The lowest BCUT2D eigenvalue weighted by Crippen LogP contribution is -2.40. The van der Waals surface area contributed by atoms with Crippen LogP contribution in [0.5, 0.6) is 0 Å². The van der Waals surface area contributed by atoms with Gasteiger partial charge in [-0.05, 0) is 186 Å². The lowest BCUT2D eigenvalue weighted by Gasteiger charge is -2.29. The summed E-state index contributed by atoms with van der Waals surface area (Å²) in [6.07, 6.45) is 8.04. The molecule has 4 amide bonds. The van der Waals surface area contributed by atoms with Crippen molar-refractivity contribution >= 4 is 84.0 Å². The van der Waals surface area contributed by atoms with E-state index in [0.717, 1.165) is 59.7 Å². The highest BCUT2D eigenvalue weighted by Gasteiger charge is 2.32. The van der Waals surface area contributed by atoms with E-state index in [9.17, 15) is 36.0 Å². The molecule has 1 atom stereocenters. The van der Waals surface area contributed by atoms with Crippen molar-refractivity contribution in [1.82, 2.24) is 30.0 Å². The maximum absolute atomic E-state index is 13.5. The number of nitrogens with zero attached hydrogens (tertiary/aromatic N) is 2. The molecule has 7 N–H and O–H groups in total. The summed E-state index contributed by atoms with van der Waals surface area (Å²) in [5, 5.41) is 19.8. The Morgan fingerprint density at radius 3 is 1.41 bits per heavy atom. The average Bonchev–Trinajstić information content (AvgIpc) is 4.02. The SMILES string of the molecule is CC(C)OC(=O)Nc1ccc(-c2cnc(C3=CCC(NC(=O)OC(C)(C)C)CC3)s2)c(S(=O)(=O)NC(C)(C)C)c1.CC(C)OC(=O)Nc1ccc(-c2cnc(C3CCC(NC(=O)OC(C)(C)C)CC3)s2)c(S(=O)(=O)NC(C)(C)C)c1.CO. The molecule has 0 saturated heterocycles. The number of carbonyl (C=O) groups is 4. The number of carbonyl (C=O) groups excluding carboxylic acids is 4. The number of benzene rings is 2. The van der Waals surface area contributed by atoms with Crippen LogP contribution in [0.1, 0.15) is 172 Å². The van der Waals surface area contributed by atoms with Gasteiger partial charge in [-0.3, -0.25) is 10.6 Å². The molecule has 2 aliphatic rings. The van der Waals surface area contributed by atoms with Gasteiger partial charge in [-0.1, -0.05) is 18.2 Å². The van der Waals surface area contributed by atoms with Crippen molar-refractivity contribution in [2.24, 2.45) is 0 Å². The number of aromatic nitrogens is 2. The minimum absolute atomic E-state index is 0.0271. The zero-order valence-electron chi connectivity index (χ0n) is 50.4. The number of rotatable bonds is 14. The minimum Gasteiger partial charge on any atom is -0.447 e. The number of aliphatic hydroxyl groups excluding tert-OH is 1. The number of aliphatic hydroxyl groups is 1. The first kappa shape index (κ1) is 68.8. The zero-order chi connectivity index (χ0) is 61.8. The predicted octanol–water partition coefficient (Wildman–Crippen LogP) is 12.3. The highest BCUT2D eigenvalue weighted by atomic mass is 32.2. The third kappa shape index (κ3) is 22.8. The van der Waals surface area contributed by atoms with Gasteiger partial charge in [-0.25, -0.2) is 55.4 Å². The van der Waals surface area contributed by atoms with Gasteiger partial charge in [0.15, 0.2) is 0 Å². The van der Waals surface area contributed by atoms with E-state index in [0.29, 0.717) is 40.2 Å². The number of nitrogens with one attached hydrogen (secondary N) is 6. The first-order valence-electron chi connectivity index (χ1n) is 27.2. The lowest BCUT2D eigenvalue weighted by atomic mass is 9.86. The molecule has 1 fully saturated rings. The number of anilines is 2. The van der Waals surface area contributed by atoms with E-state index in [2.05, 4.69) is 46.8 Å². The quantitative estimate of drug-likeness (QED) is 0.0578. The van der Waals surface area contributed by atoms with Crippen molar-refractivity contribution in [2.45, 2.75) is 218 Å². The average molecular weight is 1220 g/mol. The Kier molecular flexibility index (Phi) is 24.1. The van der Waals surface area contributed by atoms with Gasteiger partial charge in [0.2, 0.25) is 20.0 Å². The molecule has 456 valence electrons. The molecular weight excluding hydrogens is 1130 g/mol. The van der Waals surface area contributed by atoms with Crippen LogP contribution in [0.3, 0.4) is 0 Å². The normalized spacial score (nSPS) is 17.0. The topological polar surface area (TPSA) is 292 Å². The molecule has 2 heterocycles. The van der Waals surface area contributed by atoms with Crippen LogP contribution in [-0.2, 0) is 39.0 Å². The van der Waals surface area contributed by atoms with Gasteiger partial charge >= 0.3 is 24.4 Å². The number of hydrogen-bond donors (Lipinski definition) is 7. The molecule has 4 aromatic rings. The zero-order valence-corrected chi connectivity index (χ0v) is 53.7. The van der Waals surface area contributed by atoms with Gasteiger partial charge in [0, 0.05) is 71.1 Å². The van der Waals surface area contributed by atoms with Crippen LogP contribution in [0.2, 0.25) is 0 Å². The van der Waals surface area contributed by atoms with Crippen LogP contribution in [0.4, 0.5) is 30.6 Å². The Morgan fingerprint density at radius 1 is 0.585 bits per heavy atom. The Balaban J connectivity index is 0.000000342. The Labute approximate surface area is 493 Å². The second kappa shape index (κ2) is 28.7. The van der Waals surface area contributed by atoms with Gasteiger partial charge < -0.3 is 34.7 Å². The van der Waals surface area contributed by atoms with Crippen LogP contribution in [0.25, 0.3) is 26.5 Å². The maximum atomic E-state index is 13.5. The van der Waals surface area contributed by atoms with Crippen LogP contribution in [0, 0.1) is 0 Å². The smallest absolute Gasteiger partial charge is 0.411 e. The van der Waals surface area contributed by atoms with Crippen molar-refractivity contribution in [3.63, 3.8) is 0 Å². The summed E-state index contributed by atoms with van der Waals surface area (Å²) >= 11 is 2.86. The van der Waals surface area contributed by atoms with Crippen LogP contribution in [0.15, 0.2) is 64.7 Å². The second-order valence-electron chi connectivity index (χ2n) is 24.4. The summed E-state index contributed by atoms with van der Waals surface area (Å²) in [5.41, 5.74) is 0.109. The molecule has 0 spiro atoms. The standard InChI is InChI=1S/C28H42N4O6S2.C28H40N4O6S2.CH4O/c2*1-17(2)37-25(33)31-20-13-14-21(23(15-20)40(35,36)32-27(3,4)5)22-16-29-24(39-22)18-9-11-19(12-10-18)30-26(34)38-28(6,7)8;1-2/h13-19,32H,9-12H2,1-8H3,(H,30,34)(H,31,33);9,13-17,19,32H,10-12H2,1-8H3,(H,30,34)(H,31,33);2H,1H3. The van der Waals surface area contributed by atoms with Gasteiger partial charge in [0.25, 0.3) is 0 Å². The number of ether oxygens (including phenoxy) is 4. The Morgan fingerprint density at radius 2 is 1.01 bits per heavy atom. The molecule has 2 aromatic carbocycles. The van der Waals surface area contributed by atoms with Crippen LogP contribution >= 0.6 is 22.7 Å². The third-order valence-electron chi connectivity index (χ3n) is 11.4. The monoisotopic (exact) mass is 1220 g/mol. The Bertz CT molecular complexity index is 3080. The largest absolute Gasteiger partial charge is 0.447 e. The van der Waals surface area contributed by atoms with Crippen LogP contribution in [-0.4, -0.2) is 110 Å². The van der Waals surface area contributed by atoms with Gasteiger partial charge in [-0.15, -0.1) is 22.7 Å². The van der Waals surface area contributed by atoms with E-state index in [4.69, 9.17) is 24.1 Å². The number of amides is 4. The maximum Gasteiger partial charge on any atom is 0.411 e. The number of sulfonamides is 2. The van der Waals surface area contributed by atoms with Gasteiger partial charge in [-0.2, -0.15) is 0 Å². The van der Waals surface area contributed by atoms with Crippen molar-refractivity contribution in [2.75, 3.05) is 17.7 Å². The summed E-state index contributed by atoms with van der Waals surface area (Å²) < 4.78 is 80.2. The Hall–Kier alpha value is -5.70. The molecule has 0 bridgehead atoms. The van der Waals surface area contributed by atoms with Gasteiger partial charge in [0.1, 0.15) is 16.2 Å². The van der Waals surface area contributed by atoms with Crippen LogP contribution < -0.4 is 30.7 Å². The summed E-state index contributed by atoms with van der Waals surface area (Å²) in [6.45, 7) is 28.5. The van der Waals surface area contributed by atoms with Crippen molar-refractivity contribution in [3.8, 4) is 20.9 Å². The molecule has 2 aromatic heterocycles. The molecule has 0 radical (unpaired) electrons. The molecule has 1 saturated carbocycles. The summed E-state index contributed by atoms with van der Waals surface area (Å²) in [4.78, 5) is 59.3. The summed E-state index contributed by atoms with van der Waals surface area (Å²) in [5.74, 6) is 0.218. The number of hydrogen-bond acceptors (Lipinski definition) is 17. The first-order valence-corrected chi connectivity index (χ1v) is 31.8. The first-order chi connectivity index (χ1) is 37.8. The fraction of sp³-hybridized carbons (Fsp3) is 0.579. The highest BCUT2D eigenvalue weighted by molar-refractivity contribution is 7.90. The fourth-order valence-electron chi connectivity index (χ4n) is 8.43. The third-order valence-corrected chi connectivity index (χ3v) is 17.3. The lowest BCUT2D eigenvalue weighted by molar-refractivity contribution is 0.0483. The van der Waals surface area contributed by atoms with E-state index < -0.39 is 66.7 Å². The van der Waals surface area contributed by atoms with E-state index in [1.54, 1.807) is 106 Å². The van der Waals surface area contributed by atoms with E-state index in [-0.39, 0.29) is 40.0 Å². The van der Waals surface area contributed by atoms with E-state index in [1.165, 1.54) is 34.8 Å². The number of alkyl carbamates (subject to hydrolysis) is 2.